The van der Waals surface area contributed by atoms with Crippen molar-refractivity contribution in [3.05, 3.63) is 60.8 Å². The number of aliphatic hydroxyl groups excluding tert-OH is 2. The second kappa shape index (κ2) is 51.2. The quantitative estimate of drug-likeness (QED) is 0.0228. The van der Waals surface area contributed by atoms with E-state index in [1.807, 2.05) is 0 Å². The summed E-state index contributed by atoms with van der Waals surface area (Å²) in [7, 11) is 0. The summed E-state index contributed by atoms with van der Waals surface area (Å²) in [6.45, 7) is 5.92. The van der Waals surface area contributed by atoms with E-state index in [9.17, 15) is 34.5 Å². The smallest absolute Gasteiger partial charge is 0.335 e. The van der Waals surface area contributed by atoms with Gasteiger partial charge in [0.1, 0.15) is 18.8 Å². The number of hydrogen-bond acceptors (Lipinski definition) is 11. The number of carbonyl (C=O) groups excluding carboxylic acids is 3. The fourth-order valence-electron chi connectivity index (χ4n) is 8.88. The van der Waals surface area contributed by atoms with Crippen molar-refractivity contribution in [2.75, 3.05) is 13.2 Å². The van der Waals surface area contributed by atoms with Gasteiger partial charge in [-0.1, -0.05) is 216 Å². The molecule has 6 unspecified atom stereocenters. The van der Waals surface area contributed by atoms with E-state index in [0.717, 1.165) is 116 Å². The molecule has 0 aliphatic carbocycles. The predicted molar refractivity (Wildman–Crippen MR) is 303 cm³/mol. The Morgan fingerprint density at radius 1 is 0.440 bits per heavy atom. The van der Waals surface area contributed by atoms with Crippen LogP contribution in [0.4, 0.5) is 0 Å². The summed E-state index contributed by atoms with van der Waals surface area (Å²) in [4.78, 5) is 51.1. The number of allylic oxidation sites excluding steroid dienone is 10. The molecule has 12 heteroatoms. The number of aliphatic carboxylic acids is 1. The Labute approximate surface area is 456 Å². The van der Waals surface area contributed by atoms with Gasteiger partial charge >= 0.3 is 23.9 Å². The molecular weight excluding hydrogens is 949 g/mol. The molecule has 0 spiro atoms. The highest BCUT2D eigenvalue weighted by atomic mass is 16.7. The van der Waals surface area contributed by atoms with Gasteiger partial charge in [0.05, 0.1) is 6.61 Å². The summed E-state index contributed by atoms with van der Waals surface area (Å²) in [5.74, 6) is -3.14. The molecule has 0 aromatic carbocycles. The fraction of sp³-hybridized carbons (Fsp3) is 0.778. The minimum Gasteiger partial charge on any atom is -0.479 e. The zero-order valence-electron chi connectivity index (χ0n) is 47.5. The van der Waals surface area contributed by atoms with E-state index in [-0.39, 0.29) is 25.9 Å². The number of carbonyl (C=O) groups is 4. The second-order valence-electron chi connectivity index (χ2n) is 20.6. The summed E-state index contributed by atoms with van der Waals surface area (Å²) in [6.07, 6.45) is 50.4. The zero-order chi connectivity index (χ0) is 54.7. The lowest BCUT2D eigenvalue weighted by molar-refractivity contribution is -0.301. The van der Waals surface area contributed by atoms with Crippen LogP contribution >= 0.6 is 0 Å². The first-order valence-corrected chi connectivity index (χ1v) is 30.3. The summed E-state index contributed by atoms with van der Waals surface area (Å²) in [6, 6.07) is 0. The third kappa shape index (κ3) is 41.2. The van der Waals surface area contributed by atoms with Crippen LogP contribution in [0.2, 0.25) is 0 Å². The first kappa shape index (κ1) is 69.4. The van der Waals surface area contributed by atoms with Gasteiger partial charge in [-0.3, -0.25) is 14.4 Å². The molecule has 3 N–H and O–H groups in total. The van der Waals surface area contributed by atoms with Crippen LogP contribution in [0.1, 0.15) is 265 Å². The third-order valence-corrected chi connectivity index (χ3v) is 13.6. The maximum absolute atomic E-state index is 13.1. The minimum absolute atomic E-state index is 0.0449. The average Bonchev–Trinajstić information content (AvgIpc) is 3.39. The van der Waals surface area contributed by atoms with Crippen LogP contribution in [0, 0.1) is 0 Å². The van der Waals surface area contributed by atoms with Gasteiger partial charge in [-0.05, 0) is 89.9 Å². The predicted octanol–water partition coefficient (Wildman–Crippen LogP) is 15.6. The summed E-state index contributed by atoms with van der Waals surface area (Å²) < 4.78 is 28.4. The zero-order valence-corrected chi connectivity index (χ0v) is 47.5. The van der Waals surface area contributed by atoms with Crippen molar-refractivity contribution in [3.8, 4) is 0 Å². The molecule has 6 atom stereocenters. The highest BCUT2D eigenvalue weighted by molar-refractivity contribution is 5.74. The molecule has 0 aromatic rings. The van der Waals surface area contributed by atoms with Gasteiger partial charge in [-0.15, -0.1) is 0 Å². The number of unbranched alkanes of at least 4 members (excludes halogenated alkanes) is 27. The largest absolute Gasteiger partial charge is 0.479 e. The van der Waals surface area contributed by atoms with Gasteiger partial charge in [0.2, 0.25) is 0 Å². The molecule has 0 amide bonds. The average molecular weight is 1060 g/mol. The number of esters is 3. The van der Waals surface area contributed by atoms with Crippen LogP contribution in [-0.2, 0) is 42.9 Å². The van der Waals surface area contributed by atoms with Crippen molar-refractivity contribution in [2.24, 2.45) is 0 Å². The molecule has 1 heterocycles. The number of hydrogen-bond donors (Lipinski definition) is 3. The lowest BCUT2D eigenvalue weighted by Crippen LogP contribution is -2.61. The maximum atomic E-state index is 13.1. The maximum Gasteiger partial charge on any atom is 0.335 e. The van der Waals surface area contributed by atoms with Gasteiger partial charge in [-0.25, -0.2) is 4.79 Å². The Morgan fingerprint density at radius 3 is 1.24 bits per heavy atom. The Hall–Kier alpha value is -3.58. The van der Waals surface area contributed by atoms with Crippen molar-refractivity contribution in [1.82, 2.24) is 0 Å². The first-order valence-electron chi connectivity index (χ1n) is 30.3. The molecule has 1 aliphatic rings. The van der Waals surface area contributed by atoms with E-state index in [4.69, 9.17) is 23.7 Å². The molecular formula is C63H108O12. The minimum atomic E-state index is -1.91. The monoisotopic (exact) mass is 1060 g/mol. The Kier molecular flexibility index (Phi) is 47.4. The lowest BCUT2D eigenvalue weighted by atomic mass is 9.98. The fourth-order valence-corrected chi connectivity index (χ4v) is 8.88. The highest BCUT2D eigenvalue weighted by Crippen LogP contribution is 2.26. The van der Waals surface area contributed by atoms with E-state index in [0.29, 0.717) is 19.3 Å². The van der Waals surface area contributed by atoms with Crippen LogP contribution in [-0.4, -0.2) is 89.2 Å². The SMILES string of the molecule is CCCCC/C=C\C/C=C\C/C=C\CCCCCCCCC(=O)OC1C(OCC(COC(=O)CCCCCCC/C=C\C/C=C\CCCCC)OC(=O)CCCCCCCCCCCCC)OC(C(=O)O)C(O)C1O. The Morgan fingerprint density at radius 2 is 0.800 bits per heavy atom. The summed E-state index contributed by atoms with van der Waals surface area (Å²) in [5.41, 5.74) is 0. The lowest BCUT2D eigenvalue weighted by Gasteiger charge is -2.40. The van der Waals surface area contributed by atoms with Crippen molar-refractivity contribution in [1.29, 1.82) is 0 Å². The van der Waals surface area contributed by atoms with Crippen molar-refractivity contribution < 1.29 is 58.2 Å². The molecule has 0 aromatic heterocycles. The number of carboxylic acids is 1. The normalized spacial score (nSPS) is 18.5. The van der Waals surface area contributed by atoms with Gasteiger partial charge in [0, 0.05) is 19.3 Å². The van der Waals surface area contributed by atoms with Crippen LogP contribution in [0.3, 0.4) is 0 Å². The van der Waals surface area contributed by atoms with E-state index < -0.39 is 67.3 Å². The number of aliphatic hydroxyl groups is 2. The number of rotatable bonds is 51. The van der Waals surface area contributed by atoms with E-state index in [1.54, 1.807) is 0 Å². The molecule has 1 saturated heterocycles. The van der Waals surface area contributed by atoms with Gasteiger partial charge in [-0.2, -0.15) is 0 Å². The van der Waals surface area contributed by atoms with Gasteiger partial charge < -0.3 is 39.0 Å². The van der Waals surface area contributed by atoms with E-state index in [1.165, 1.54) is 89.9 Å². The van der Waals surface area contributed by atoms with Crippen LogP contribution in [0.5, 0.6) is 0 Å². The Balaban J connectivity index is 2.67. The van der Waals surface area contributed by atoms with Gasteiger partial charge in [0.15, 0.2) is 24.6 Å². The Bertz CT molecular complexity index is 1540. The molecule has 1 rings (SSSR count). The van der Waals surface area contributed by atoms with E-state index in [2.05, 4.69) is 81.5 Å². The third-order valence-electron chi connectivity index (χ3n) is 13.6. The van der Waals surface area contributed by atoms with Crippen LogP contribution < -0.4 is 0 Å². The molecule has 432 valence electrons. The highest BCUT2D eigenvalue weighted by Gasteiger charge is 2.50. The summed E-state index contributed by atoms with van der Waals surface area (Å²) >= 11 is 0. The van der Waals surface area contributed by atoms with Gasteiger partial charge in [0.25, 0.3) is 0 Å². The van der Waals surface area contributed by atoms with Crippen LogP contribution in [0.25, 0.3) is 0 Å². The number of carboxylic acid groups (broad SMARTS) is 1. The molecule has 0 radical (unpaired) electrons. The molecule has 1 fully saturated rings. The van der Waals surface area contributed by atoms with Crippen molar-refractivity contribution >= 4 is 23.9 Å². The topological polar surface area (TPSA) is 175 Å². The summed E-state index contributed by atoms with van der Waals surface area (Å²) in [5, 5.41) is 31.5. The second-order valence-corrected chi connectivity index (χ2v) is 20.6. The van der Waals surface area contributed by atoms with Crippen molar-refractivity contribution in [2.45, 2.75) is 302 Å². The molecule has 1 aliphatic heterocycles. The molecule has 75 heavy (non-hydrogen) atoms. The van der Waals surface area contributed by atoms with Crippen LogP contribution in [0.15, 0.2) is 60.8 Å². The molecule has 12 nitrogen and oxygen atoms in total. The first-order chi connectivity index (χ1) is 36.6. The van der Waals surface area contributed by atoms with E-state index >= 15 is 0 Å². The molecule has 0 saturated carbocycles. The standard InChI is InChI=1S/C63H108O12/c1-4-7-10-13-16-19-22-24-26-27-28-29-31-33-36-39-42-45-48-51-57(66)74-61-59(68)58(67)60(62(69)70)75-63(61)72-53-54(73-56(65)50-47-44-41-38-34-21-18-15-12-9-6-3)52-71-55(64)49-46-43-40-37-35-32-30-25-23-20-17-14-11-8-5-2/h16-17,19-20,24-26,28-30,54,58-61,63,67-68H,4-15,18,21-23,27,31-53H2,1-3H3,(H,69,70)/b19-16-,20-17-,26-24-,29-28-,30-25-. The van der Waals surface area contributed by atoms with Crippen molar-refractivity contribution in [3.63, 3.8) is 0 Å². The number of ether oxygens (including phenoxy) is 5. The molecule has 0 bridgehead atoms.